The van der Waals surface area contributed by atoms with Crippen LogP contribution in [0.4, 0.5) is 0 Å². The molecule has 1 fully saturated rings. The molecule has 0 saturated carbocycles. The van der Waals surface area contributed by atoms with E-state index < -0.39 is 15.9 Å². The Labute approximate surface area is 119 Å². The predicted molar refractivity (Wildman–Crippen MR) is 77.7 cm³/mol. The first-order valence-electron chi connectivity index (χ1n) is 6.76. The summed E-state index contributed by atoms with van der Waals surface area (Å²) >= 11 is 0. The number of aliphatic hydroxyl groups is 1. The van der Waals surface area contributed by atoms with E-state index in [-0.39, 0.29) is 24.2 Å². The number of aliphatic hydroxyl groups excluding tert-OH is 1. The van der Waals surface area contributed by atoms with Gasteiger partial charge >= 0.3 is 0 Å². The molecule has 0 aromatic heterocycles. The average Bonchev–Trinajstić information content (AvgIpc) is 2.75. The highest BCUT2D eigenvalue weighted by atomic mass is 32.2. The molecule has 0 radical (unpaired) electrons. The van der Waals surface area contributed by atoms with Crippen molar-refractivity contribution in [3.05, 3.63) is 29.8 Å². The van der Waals surface area contributed by atoms with Gasteiger partial charge in [0.05, 0.1) is 11.5 Å². The number of hydrogen-bond donors (Lipinski definition) is 2. The Morgan fingerprint density at radius 2 is 2.10 bits per heavy atom. The second kappa shape index (κ2) is 6.56. The summed E-state index contributed by atoms with van der Waals surface area (Å²) in [5, 5.41) is 12.9. The Morgan fingerprint density at radius 1 is 1.40 bits per heavy atom. The third-order valence-electron chi connectivity index (χ3n) is 3.34. The van der Waals surface area contributed by atoms with E-state index in [1.807, 2.05) is 31.2 Å². The summed E-state index contributed by atoms with van der Waals surface area (Å²) in [5.74, 6) is 1.12. The van der Waals surface area contributed by atoms with Crippen molar-refractivity contribution in [3.63, 3.8) is 0 Å². The number of hydrogen-bond acceptors (Lipinski definition) is 5. The zero-order valence-electron chi connectivity index (χ0n) is 11.6. The number of sulfone groups is 1. The summed E-state index contributed by atoms with van der Waals surface area (Å²) in [5.41, 5.74) is 1.15. The van der Waals surface area contributed by atoms with Crippen molar-refractivity contribution in [2.75, 3.05) is 24.7 Å². The maximum atomic E-state index is 11.3. The molecule has 1 aromatic carbocycles. The Bertz CT molecular complexity index is 527. The first-order chi connectivity index (χ1) is 9.44. The van der Waals surface area contributed by atoms with Crippen LogP contribution in [0.1, 0.15) is 12.0 Å². The minimum absolute atomic E-state index is 0.0472. The maximum absolute atomic E-state index is 11.3. The molecule has 20 heavy (non-hydrogen) atoms. The topological polar surface area (TPSA) is 75.6 Å². The fourth-order valence-electron chi connectivity index (χ4n) is 2.14. The molecule has 1 saturated heterocycles. The largest absolute Gasteiger partial charge is 0.491 e. The lowest BCUT2D eigenvalue weighted by atomic mass is 10.2. The minimum atomic E-state index is -2.88. The van der Waals surface area contributed by atoms with Crippen molar-refractivity contribution >= 4 is 9.84 Å². The second-order valence-electron chi connectivity index (χ2n) is 5.29. The number of ether oxygens (including phenoxy) is 1. The van der Waals surface area contributed by atoms with E-state index in [0.29, 0.717) is 13.0 Å². The van der Waals surface area contributed by atoms with E-state index in [9.17, 15) is 13.5 Å². The van der Waals surface area contributed by atoms with Crippen molar-refractivity contribution in [2.24, 2.45) is 0 Å². The van der Waals surface area contributed by atoms with E-state index in [2.05, 4.69) is 5.32 Å². The lowest BCUT2D eigenvalue weighted by Crippen LogP contribution is -2.38. The average molecular weight is 299 g/mol. The van der Waals surface area contributed by atoms with Crippen LogP contribution < -0.4 is 10.1 Å². The quantitative estimate of drug-likeness (QED) is 0.800. The smallest absolute Gasteiger partial charge is 0.151 e. The van der Waals surface area contributed by atoms with Crippen LogP contribution >= 0.6 is 0 Å². The van der Waals surface area contributed by atoms with Gasteiger partial charge in [0.25, 0.3) is 0 Å². The van der Waals surface area contributed by atoms with Gasteiger partial charge in [0.15, 0.2) is 9.84 Å². The highest BCUT2D eigenvalue weighted by Gasteiger charge is 2.27. The van der Waals surface area contributed by atoms with Crippen LogP contribution in [0.5, 0.6) is 5.75 Å². The zero-order chi connectivity index (χ0) is 14.6. The molecule has 1 heterocycles. The molecule has 0 amide bonds. The van der Waals surface area contributed by atoms with E-state index in [0.717, 1.165) is 11.3 Å². The van der Waals surface area contributed by atoms with Gasteiger partial charge in [-0.25, -0.2) is 8.42 Å². The molecule has 6 heteroatoms. The third kappa shape index (κ3) is 4.77. The standard InChI is InChI=1S/C14H21NO4S/c1-11-2-4-14(5-3-11)19-9-13(16)8-15-12-6-7-20(17,18)10-12/h2-5,12-13,15-16H,6-10H2,1H3/t12-,13+/m1/s1. The highest BCUT2D eigenvalue weighted by molar-refractivity contribution is 7.91. The van der Waals surface area contributed by atoms with Crippen LogP contribution in [0.25, 0.3) is 0 Å². The van der Waals surface area contributed by atoms with E-state index in [4.69, 9.17) is 4.74 Å². The Hall–Kier alpha value is -1.11. The minimum Gasteiger partial charge on any atom is -0.491 e. The molecular formula is C14H21NO4S. The monoisotopic (exact) mass is 299 g/mol. The van der Waals surface area contributed by atoms with Gasteiger partial charge in [-0.1, -0.05) is 17.7 Å². The number of rotatable bonds is 6. The lowest BCUT2D eigenvalue weighted by Gasteiger charge is -2.16. The van der Waals surface area contributed by atoms with Crippen LogP contribution in [0.15, 0.2) is 24.3 Å². The van der Waals surface area contributed by atoms with Gasteiger partial charge in [-0.15, -0.1) is 0 Å². The molecule has 112 valence electrons. The lowest BCUT2D eigenvalue weighted by molar-refractivity contribution is 0.104. The van der Waals surface area contributed by atoms with Gasteiger partial charge < -0.3 is 15.2 Å². The van der Waals surface area contributed by atoms with Crippen molar-refractivity contribution in [1.82, 2.24) is 5.32 Å². The summed E-state index contributed by atoms with van der Waals surface area (Å²) < 4.78 is 28.1. The van der Waals surface area contributed by atoms with Crippen molar-refractivity contribution in [3.8, 4) is 5.75 Å². The van der Waals surface area contributed by atoms with Gasteiger partial charge in [-0.05, 0) is 25.5 Å². The molecule has 0 unspecified atom stereocenters. The molecule has 5 nitrogen and oxygen atoms in total. The first-order valence-corrected chi connectivity index (χ1v) is 8.58. The highest BCUT2D eigenvalue weighted by Crippen LogP contribution is 2.12. The molecule has 2 atom stereocenters. The summed E-state index contributed by atoms with van der Waals surface area (Å²) in [7, 11) is -2.88. The van der Waals surface area contributed by atoms with Crippen LogP contribution in [0, 0.1) is 6.92 Å². The molecule has 1 aliphatic rings. The fourth-order valence-corrected chi connectivity index (χ4v) is 3.85. The molecule has 1 aromatic rings. The summed E-state index contributed by atoms with van der Waals surface area (Å²) in [4.78, 5) is 0. The van der Waals surface area contributed by atoms with Crippen LogP contribution in [0.3, 0.4) is 0 Å². The zero-order valence-corrected chi connectivity index (χ0v) is 12.4. The van der Waals surface area contributed by atoms with Gasteiger partial charge in [0.2, 0.25) is 0 Å². The molecule has 0 aliphatic carbocycles. The van der Waals surface area contributed by atoms with E-state index in [1.165, 1.54) is 0 Å². The van der Waals surface area contributed by atoms with Gasteiger partial charge in [0.1, 0.15) is 18.5 Å². The van der Waals surface area contributed by atoms with Gasteiger partial charge in [-0.2, -0.15) is 0 Å². The Kier molecular flexibility index (Phi) is 5.01. The molecule has 1 aliphatic heterocycles. The second-order valence-corrected chi connectivity index (χ2v) is 7.51. The third-order valence-corrected chi connectivity index (χ3v) is 5.11. The Balaban J connectivity index is 1.68. The van der Waals surface area contributed by atoms with Gasteiger partial charge in [-0.3, -0.25) is 0 Å². The molecule has 2 rings (SSSR count). The number of aryl methyl sites for hydroxylation is 1. The number of nitrogens with one attached hydrogen (secondary N) is 1. The summed E-state index contributed by atoms with van der Waals surface area (Å²) in [6, 6.07) is 7.57. The molecule has 2 N–H and O–H groups in total. The van der Waals surface area contributed by atoms with Crippen molar-refractivity contribution in [1.29, 1.82) is 0 Å². The van der Waals surface area contributed by atoms with Crippen LogP contribution in [0.2, 0.25) is 0 Å². The summed E-state index contributed by atoms with van der Waals surface area (Å²) in [6.45, 7) is 2.53. The SMILES string of the molecule is Cc1ccc(OC[C@@H](O)CN[C@@H]2CCS(=O)(=O)C2)cc1. The van der Waals surface area contributed by atoms with Crippen molar-refractivity contribution in [2.45, 2.75) is 25.5 Å². The molecule has 0 spiro atoms. The summed E-state index contributed by atoms with van der Waals surface area (Å²) in [6.07, 6.45) is -0.0342. The normalized spacial score (nSPS) is 22.6. The van der Waals surface area contributed by atoms with E-state index in [1.54, 1.807) is 0 Å². The van der Waals surface area contributed by atoms with Crippen molar-refractivity contribution < 1.29 is 18.3 Å². The first kappa shape index (κ1) is 15.3. The maximum Gasteiger partial charge on any atom is 0.151 e. The molecular weight excluding hydrogens is 278 g/mol. The fraction of sp³-hybridized carbons (Fsp3) is 0.571. The number of benzene rings is 1. The molecule has 0 bridgehead atoms. The van der Waals surface area contributed by atoms with Crippen LogP contribution in [-0.2, 0) is 9.84 Å². The predicted octanol–water partition coefficient (Wildman–Crippen LogP) is 0.511. The Morgan fingerprint density at radius 3 is 2.70 bits per heavy atom. The van der Waals surface area contributed by atoms with E-state index >= 15 is 0 Å². The van der Waals surface area contributed by atoms with Gasteiger partial charge in [0, 0.05) is 12.6 Å². The van der Waals surface area contributed by atoms with Crippen LogP contribution in [-0.4, -0.2) is 50.3 Å².